The van der Waals surface area contributed by atoms with E-state index in [0.29, 0.717) is 23.2 Å². The van der Waals surface area contributed by atoms with Gasteiger partial charge in [0.05, 0.1) is 29.9 Å². The highest BCUT2D eigenvalue weighted by Crippen LogP contribution is 2.29. The number of carbonyl (C=O) groups is 1. The van der Waals surface area contributed by atoms with Crippen LogP contribution < -0.4 is 20.7 Å². The average Bonchev–Trinajstić information content (AvgIpc) is 2.66. The van der Waals surface area contributed by atoms with Crippen molar-refractivity contribution < 1.29 is 9.53 Å². The summed E-state index contributed by atoms with van der Waals surface area (Å²) in [6.45, 7) is 7.97. The van der Waals surface area contributed by atoms with Crippen molar-refractivity contribution in [1.82, 2.24) is 15.3 Å². The zero-order chi connectivity index (χ0) is 19.2. The number of urea groups is 1. The van der Waals surface area contributed by atoms with Crippen LogP contribution in [0.1, 0.15) is 31.0 Å². The van der Waals surface area contributed by atoms with Crippen LogP contribution in [0.3, 0.4) is 0 Å². The molecular weight excluding hydrogens is 342 g/mol. The summed E-state index contributed by atoms with van der Waals surface area (Å²) in [7, 11) is 0. The first-order chi connectivity index (χ1) is 13.0. The zero-order valence-corrected chi connectivity index (χ0v) is 16.1. The summed E-state index contributed by atoms with van der Waals surface area (Å²) in [5.74, 6) is 1.59. The molecule has 1 saturated heterocycles. The summed E-state index contributed by atoms with van der Waals surface area (Å²) >= 11 is 0. The molecule has 0 spiro atoms. The molecule has 0 radical (unpaired) electrons. The van der Waals surface area contributed by atoms with Crippen LogP contribution in [0.15, 0.2) is 30.6 Å². The lowest BCUT2D eigenvalue weighted by molar-refractivity contribution is 0.129. The van der Waals surface area contributed by atoms with Crippen LogP contribution in [0, 0.1) is 19.8 Å². The molecule has 7 nitrogen and oxygen atoms in total. The van der Waals surface area contributed by atoms with E-state index in [0.717, 1.165) is 37.2 Å². The number of amides is 2. The van der Waals surface area contributed by atoms with Crippen LogP contribution in [0.4, 0.5) is 16.3 Å². The second-order valence-corrected chi connectivity index (χ2v) is 7.03. The van der Waals surface area contributed by atoms with Crippen molar-refractivity contribution in [3.8, 4) is 5.75 Å². The number of hydrogen-bond acceptors (Lipinski definition) is 5. The van der Waals surface area contributed by atoms with Gasteiger partial charge in [-0.2, -0.15) is 0 Å². The van der Waals surface area contributed by atoms with Gasteiger partial charge in [-0.3, -0.25) is 10.3 Å². The number of nitrogens with one attached hydrogen (secondary N) is 3. The molecule has 1 atom stereocenters. The zero-order valence-electron chi connectivity index (χ0n) is 16.1. The summed E-state index contributed by atoms with van der Waals surface area (Å²) in [6, 6.07) is 5.43. The van der Waals surface area contributed by atoms with Gasteiger partial charge in [0.15, 0.2) is 5.82 Å². The Balaban J connectivity index is 1.67. The first kappa shape index (κ1) is 19.1. The SMILES string of the molecule is Cc1ccc(OC(C)C2CCNCC2)c(NC(=O)Nc2cnc(C)cn2)c1. The highest BCUT2D eigenvalue weighted by Gasteiger charge is 2.22. The molecule has 1 aromatic carbocycles. The maximum absolute atomic E-state index is 12.4. The molecule has 1 aliphatic rings. The Hall–Kier alpha value is -2.67. The summed E-state index contributed by atoms with van der Waals surface area (Å²) < 4.78 is 6.21. The average molecular weight is 369 g/mol. The lowest BCUT2D eigenvalue weighted by Gasteiger charge is -2.29. The Bertz CT molecular complexity index is 772. The molecule has 1 unspecified atom stereocenters. The van der Waals surface area contributed by atoms with E-state index in [2.05, 4.69) is 32.8 Å². The molecule has 2 heterocycles. The van der Waals surface area contributed by atoms with Crippen molar-refractivity contribution in [3.63, 3.8) is 0 Å². The summed E-state index contributed by atoms with van der Waals surface area (Å²) in [6.07, 6.45) is 5.42. The molecule has 2 aromatic rings. The van der Waals surface area contributed by atoms with Gasteiger partial charge in [0.25, 0.3) is 0 Å². The van der Waals surface area contributed by atoms with Gasteiger partial charge in [-0.1, -0.05) is 6.07 Å². The Morgan fingerprint density at radius 1 is 1.19 bits per heavy atom. The third-order valence-corrected chi connectivity index (χ3v) is 4.77. The molecule has 1 fully saturated rings. The minimum absolute atomic E-state index is 0.0846. The van der Waals surface area contributed by atoms with E-state index in [1.807, 2.05) is 32.0 Å². The smallest absolute Gasteiger partial charge is 0.324 e. The standard InChI is InChI=1S/C20H27N5O2/c1-13-4-5-18(27-15(3)16-6-8-21-9-7-16)17(10-13)24-20(26)25-19-12-22-14(2)11-23-19/h4-5,10-12,15-16,21H,6-9H2,1-3H3,(H2,23,24,25,26). The molecule has 3 N–H and O–H groups in total. The first-order valence-electron chi connectivity index (χ1n) is 9.36. The molecule has 1 aromatic heterocycles. The van der Waals surface area contributed by atoms with Crippen LogP contribution >= 0.6 is 0 Å². The van der Waals surface area contributed by atoms with Gasteiger partial charge >= 0.3 is 6.03 Å². The third kappa shape index (κ3) is 5.40. The first-order valence-corrected chi connectivity index (χ1v) is 9.36. The van der Waals surface area contributed by atoms with Crippen molar-refractivity contribution in [1.29, 1.82) is 0 Å². The molecule has 1 aliphatic heterocycles. The normalized spacial score (nSPS) is 15.8. The number of rotatable bonds is 5. The van der Waals surface area contributed by atoms with E-state index in [1.54, 1.807) is 6.20 Å². The number of hydrogen-bond donors (Lipinski definition) is 3. The van der Waals surface area contributed by atoms with E-state index in [-0.39, 0.29) is 12.1 Å². The van der Waals surface area contributed by atoms with E-state index < -0.39 is 0 Å². The highest BCUT2D eigenvalue weighted by molar-refractivity contribution is 6.00. The van der Waals surface area contributed by atoms with Crippen molar-refractivity contribution in [2.45, 2.75) is 39.7 Å². The van der Waals surface area contributed by atoms with Gasteiger partial charge in [-0.25, -0.2) is 9.78 Å². The summed E-state index contributed by atoms with van der Waals surface area (Å²) in [4.78, 5) is 20.6. The largest absolute Gasteiger partial charge is 0.488 e. The Morgan fingerprint density at radius 2 is 1.96 bits per heavy atom. The van der Waals surface area contributed by atoms with Crippen molar-refractivity contribution in [3.05, 3.63) is 41.9 Å². The van der Waals surface area contributed by atoms with Gasteiger partial charge < -0.3 is 15.4 Å². The van der Waals surface area contributed by atoms with E-state index in [9.17, 15) is 4.79 Å². The van der Waals surface area contributed by atoms with Gasteiger partial charge in [-0.05, 0) is 70.3 Å². The van der Waals surface area contributed by atoms with E-state index in [1.165, 1.54) is 6.20 Å². The Labute approximate surface area is 159 Å². The minimum Gasteiger partial charge on any atom is -0.488 e. The molecule has 0 bridgehead atoms. The van der Waals surface area contributed by atoms with Crippen LogP contribution in [-0.4, -0.2) is 35.2 Å². The fourth-order valence-corrected chi connectivity index (χ4v) is 3.18. The number of carbonyl (C=O) groups excluding carboxylic acids is 1. The quantitative estimate of drug-likeness (QED) is 0.751. The second kappa shape index (κ2) is 8.81. The predicted molar refractivity (Wildman–Crippen MR) is 106 cm³/mol. The Kier molecular flexibility index (Phi) is 6.24. The molecule has 3 rings (SSSR count). The topological polar surface area (TPSA) is 88.2 Å². The number of benzene rings is 1. The number of anilines is 2. The van der Waals surface area contributed by atoms with E-state index in [4.69, 9.17) is 4.74 Å². The number of aromatic nitrogens is 2. The van der Waals surface area contributed by atoms with Crippen LogP contribution in [0.25, 0.3) is 0 Å². The fraction of sp³-hybridized carbons (Fsp3) is 0.450. The maximum Gasteiger partial charge on any atom is 0.324 e. The summed E-state index contributed by atoms with van der Waals surface area (Å²) in [5, 5.41) is 8.93. The molecule has 0 aliphatic carbocycles. The minimum atomic E-state index is -0.377. The molecule has 7 heteroatoms. The molecule has 144 valence electrons. The number of ether oxygens (including phenoxy) is 1. The van der Waals surface area contributed by atoms with Gasteiger partial charge in [0.1, 0.15) is 5.75 Å². The van der Waals surface area contributed by atoms with E-state index >= 15 is 0 Å². The number of piperidine rings is 1. The fourth-order valence-electron chi connectivity index (χ4n) is 3.18. The van der Waals surface area contributed by atoms with Crippen LogP contribution in [-0.2, 0) is 0 Å². The van der Waals surface area contributed by atoms with Gasteiger partial charge in [-0.15, -0.1) is 0 Å². The lowest BCUT2D eigenvalue weighted by Crippen LogP contribution is -2.35. The van der Waals surface area contributed by atoms with Crippen molar-refractivity contribution in [2.24, 2.45) is 5.92 Å². The highest BCUT2D eigenvalue weighted by atomic mass is 16.5. The van der Waals surface area contributed by atoms with Crippen LogP contribution in [0.2, 0.25) is 0 Å². The van der Waals surface area contributed by atoms with Crippen molar-refractivity contribution in [2.75, 3.05) is 23.7 Å². The maximum atomic E-state index is 12.4. The molecule has 27 heavy (non-hydrogen) atoms. The van der Waals surface area contributed by atoms with Gasteiger partial charge in [0.2, 0.25) is 0 Å². The third-order valence-electron chi connectivity index (χ3n) is 4.77. The second-order valence-electron chi connectivity index (χ2n) is 7.03. The monoisotopic (exact) mass is 369 g/mol. The Morgan fingerprint density at radius 3 is 2.67 bits per heavy atom. The molecule has 2 amide bonds. The lowest BCUT2D eigenvalue weighted by atomic mass is 9.93. The number of aryl methyl sites for hydroxylation is 2. The molecule has 0 saturated carbocycles. The van der Waals surface area contributed by atoms with Crippen LogP contribution in [0.5, 0.6) is 5.75 Å². The summed E-state index contributed by atoms with van der Waals surface area (Å²) in [5.41, 5.74) is 2.48. The number of nitrogens with zero attached hydrogens (tertiary/aromatic N) is 2. The van der Waals surface area contributed by atoms with Crippen molar-refractivity contribution >= 4 is 17.5 Å². The predicted octanol–water partition coefficient (Wildman–Crippen LogP) is 3.50. The molecular formula is C20H27N5O2. The van der Waals surface area contributed by atoms with Gasteiger partial charge in [0, 0.05) is 0 Å².